The SMILES string of the molecule is O=C1c2ccccc2C(=O)N1CCOC(=Nc1cc(Cl)cc(Cl)c1)SSC(=Nc1cc(Cl)cc(Cl)c1)OCCN1C(=O)c2ccccc2C1=O. The Morgan fingerprint density at radius 1 is 0.520 bits per heavy atom. The first-order valence-electron chi connectivity index (χ1n) is 14.7. The van der Waals surface area contributed by atoms with Crippen molar-refractivity contribution in [1.82, 2.24) is 9.80 Å². The topological polar surface area (TPSA) is 118 Å². The minimum atomic E-state index is -0.419. The molecule has 0 radical (unpaired) electrons. The lowest BCUT2D eigenvalue weighted by molar-refractivity contribution is 0.0615. The van der Waals surface area contributed by atoms with Crippen LogP contribution < -0.4 is 0 Å². The summed E-state index contributed by atoms with van der Waals surface area (Å²) in [5, 5.41) is 1.55. The fourth-order valence-electron chi connectivity index (χ4n) is 4.97. The number of aliphatic imine (C=N–C) groups is 2. The first kappa shape index (κ1) is 35.8. The summed E-state index contributed by atoms with van der Waals surface area (Å²) in [4.78, 5) is 62.8. The third kappa shape index (κ3) is 8.28. The number of hydrogen-bond donors (Lipinski definition) is 0. The summed E-state index contributed by atoms with van der Waals surface area (Å²) in [6.07, 6.45) is 0. The van der Waals surface area contributed by atoms with Crippen molar-refractivity contribution in [1.29, 1.82) is 0 Å². The van der Waals surface area contributed by atoms with E-state index in [1.165, 1.54) is 0 Å². The number of hydrogen-bond acceptors (Lipinski definition) is 10. The Labute approximate surface area is 313 Å². The van der Waals surface area contributed by atoms with Crippen LogP contribution in [0.4, 0.5) is 11.4 Å². The van der Waals surface area contributed by atoms with E-state index in [4.69, 9.17) is 55.9 Å². The fourth-order valence-corrected chi connectivity index (χ4v) is 7.63. The highest BCUT2D eigenvalue weighted by Crippen LogP contribution is 2.33. The van der Waals surface area contributed by atoms with Crippen LogP contribution >= 0.6 is 68.0 Å². The third-order valence-corrected chi connectivity index (χ3v) is 9.92. The molecule has 4 aromatic carbocycles. The van der Waals surface area contributed by atoms with Gasteiger partial charge >= 0.3 is 0 Å². The zero-order chi connectivity index (χ0) is 35.4. The van der Waals surface area contributed by atoms with Gasteiger partial charge in [-0.15, -0.1) is 0 Å². The quantitative estimate of drug-likeness (QED) is 0.0752. The summed E-state index contributed by atoms with van der Waals surface area (Å²) in [5.41, 5.74) is 2.04. The van der Waals surface area contributed by atoms with Crippen molar-refractivity contribution in [3.63, 3.8) is 0 Å². The average molecular weight is 789 g/mol. The molecule has 50 heavy (non-hydrogen) atoms. The highest BCUT2D eigenvalue weighted by molar-refractivity contribution is 8.87. The zero-order valence-electron chi connectivity index (χ0n) is 25.5. The molecule has 0 saturated heterocycles. The third-order valence-electron chi connectivity index (χ3n) is 7.16. The first-order valence-corrected chi connectivity index (χ1v) is 18.3. The van der Waals surface area contributed by atoms with Crippen LogP contribution in [0.3, 0.4) is 0 Å². The Kier molecular flexibility index (Phi) is 11.4. The molecule has 2 aliphatic rings. The lowest BCUT2D eigenvalue weighted by Gasteiger charge is -2.16. The Bertz CT molecular complexity index is 1840. The minimum Gasteiger partial charge on any atom is -0.470 e. The predicted octanol–water partition coefficient (Wildman–Crippen LogP) is 8.98. The van der Waals surface area contributed by atoms with Crippen molar-refractivity contribution in [2.45, 2.75) is 0 Å². The molecule has 0 aliphatic carbocycles. The molecule has 10 nitrogen and oxygen atoms in total. The number of carbonyl (C=O) groups excluding carboxylic acids is 4. The second-order valence-electron chi connectivity index (χ2n) is 10.5. The molecule has 0 saturated carbocycles. The van der Waals surface area contributed by atoms with Crippen LogP contribution in [-0.4, -0.2) is 70.2 Å². The fraction of sp³-hybridized carbons (Fsp3) is 0.118. The summed E-state index contributed by atoms with van der Waals surface area (Å²) in [6.45, 7) is -0.288. The molecule has 6 rings (SSSR count). The van der Waals surface area contributed by atoms with Crippen LogP contribution in [0, 0.1) is 0 Å². The molecule has 4 amide bonds. The van der Waals surface area contributed by atoms with Crippen molar-refractivity contribution in [2.24, 2.45) is 9.98 Å². The second-order valence-corrected chi connectivity index (χ2v) is 14.3. The largest absolute Gasteiger partial charge is 0.470 e. The number of halogens is 4. The smallest absolute Gasteiger partial charge is 0.262 e. The van der Waals surface area contributed by atoms with E-state index in [0.29, 0.717) is 53.7 Å². The molecule has 0 bridgehead atoms. The molecule has 0 unspecified atom stereocenters. The second kappa shape index (κ2) is 15.9. The zero-order valence-corrected chi connectivity index (χ0v) is 30.1. The molecule has 2 aliphatic heterocycles. The number of carbonyl (C=O) groups is 4. The molecule has 0 fully saturated rings. The molecule has 0 N–H and O–H groups in total. The number of ether oxygens (including phenoxy) is 2. The molecule has 0 spiro atoms. The summed E-state index contributed by atoms with van der Waals surface area (Å²) in [5.74, 6) is -1.68. The van der Waals surface area contributed by atoms with Crippen molar-refractivity contribution in [3.05, 3.63) is 127 Å². The van der Waals surface area contributed by atoms with Gasteiger partial charge < -0.3 is 9.47 Å². The lowest BCUT2D eigenvalue weighted by Crippen LogP contribution is -2.33. The molecule has 4 aromatic rings. The number of nitrogens with zero attached hydrogens (tertiary/aromatic N) is 4. The van der Waals surface area contributed by atoms with Gasteiger partial charge in [-0.05, 0) is 60.7 Å². The van der Waals surface area contributed by atoms with E-state index in [-0.39, 0.29) is 36.8 Å². The van der Waals surface area contributed by atoms with Gasteiger partial charge in [-0.25, -0.2) is 9.98 Å². The molecule has 0 atom stereocenters. The van der Waals surface area contributed by atoms with E-state index in [1.807, 2.05) is 0 Å². The lowest BCUT2D eigenvalue weighted by atomic mass is 10.1. The van der Waals surface area contributed by atoms with E-state index in [2.05, 4.69) is 9.98 Å². The average Bonchev–Trinajstić information content (AvgIpc) is 3.46. The van der Waals surface area contributed by atoms with Crippen LogP contribution in [0.1, 0.15) is 41.4 Å². The van der Waals surface area contributed by atoms with Gasteiger partial charge in [0.15, 0.2) is 0 Å². The van der Waals surface area contributed by atoms with E-state index in [0.717, 1.165) is 31.4 Å². The van der Waals surface area contributed by atoms with Crippen LogP contribution in [0.15, 0.2) is 94.9 Å². The van der Waals surface area contributed by atoms with Crippen molar-refractivity contribution in [3.8, 4) is 0 Å². The van der Waals surface area contributed by atoms with E-state index < -0.39 is 23.6 Å². The number of imide groups is 2. The minimum absolute atomic E-state index is 0.0500. The van der Waals surface area contributed by atoms with Crippen LogP contribution in [-0.2, 0) is 9.47 Å². The molecular formula is C34H22Cl4N4O6S2. The molecule has 16 heteroatoms. The highest BCUT2D eigenvalue weighted by atomic mass is 35.5. The Hall–Kier alpha value is -4.04. The predicted molar refractivity (Wildman–Crippen MR) is 198 cm³/mol. The Balaban J connectivity index is 1.19. The van der Waals surface area contributed by atoms with Gasteiger partial charge in [-0.1, -0.05) is 70.7 Å². The van der Waals surface area contributed by atoms with Crippen molar-refractivity contribution >= 4 is 113 Å². The van der Waals surface area contributed by atoms with Gasteiger partial charge in [0.05, 0.1) is 46.7 Å². The van der Waals surface area contributed by atoms with E-state index in [1.54, 1.807) is 84.9 Å². The molecule has 2 heterocycles. The van der Waals surface area contributed by atoms with Gasteiger partial charge in [0, 0.05) is 41.7 Å². The van der Waals surface area contributed by atoms with Gasteiger partial charge in [0.1, 0.15) is 13.2 Å². The van der Waals surface area contributed by atoms with Gasteiger partial charge in [-0.2, -0.15) is 0 Å². The highest BCUT2D eigenvalue weighted by Gasteiger charge is 2.36. The monoisotopic (exact) mass is 786 g/mol. The maximum Gasteiger partial charge on any atom is 0.262 e. The standard InChI is InChI=1S/C34H22Cl4N4O6S2/c35-19-13-20(36)16-23(15-19)39-33(47-11-9-41-29(43)25-5-1-2-6-26(25)30(41)44)49-50-34(40-24-17-21(37)14-22(38)18-24)48-12-10-42-31(45)27-7-3-4-8-28(27)32(42)46/h1-8,13-18H,9-12H2. The summed E-state index contributed by atoms with van der Waals surface area (Å²) in [7, 11) is 2.02. The number of amides is 4. The van der Waals surface area contributed by atoms with Crippen LogP contribution in [0.25, 0.3) is 0 Å². The molecule has 254 valence electrons. The van der Waals surface area contributed by atoms with Gasteiger partial charge in [-0.3, -0.25) is 29.0 Å². The normalized spacial score (nSPS) is 14.4. The maximum atomic E-state index is 12.9. The van der Waals surface area contributed by atoms with Crippen molar-refractivity contribution in [2.75, 3.05) is 26.3 Å². The Morgan fingerprint density at radius 2 is 0.820 bits per heavy atom. The van der Waals surface area contributed by atoms with E-state index in [9.17, 15) is 19.2 Å². The van der Waals surface area contributed by atoms with Crippen molar-refractivity contribution < 1.29 is 28.7 Å². The van der Waals surface area contributed by atoms with Gasteiger partial charge in [0.25, 0.3) is 34.1 Å². The van der Waals surface area contributed by atoms with Gasteiger partial charge in [0.2, 0.25) is 0 Å². The number of rotatable bonds is 8. The molecular weight excluding hydrogens is 766 g/mol. The molecule has 0 aromatic heterocycles. The summed E-state index contributed by atoms with van der Waals surface area (Å²) in [6, 6.07) is 22.6. The maximum absolute atomic E-state index is 12.9. The van der Waals surface area contributed by atoms with Crippen LogP contribution in [0.5, 0.6) is 0 Å². The van der Waals surface area contributed by atoms with Crippen LogP contribution in [0.2, 0.25) is 20.1 Å². The summed E-state index contributed by atoms with van der Waals surface area (Å²) < 4.78 is 12.0. The first-order chi connectivity index (χ1) is 24.1. The summed E-state index contributed by atoms with van der Waals surface area (Å²) >= 11 is 24.8. The Morgan fingerprint density at radius 3 is 1.12 bits per heavy atom. The van der Waals surface area contributed by atoms with E-state index >= 15 is 0 Å². The number of fused-ring (bicyclic) bond motifs is 2. The number of benzene rings is 4.